The van der Waals surface area contributed by atoms with E-state index in [0.29, 0.717) is 30.4 Å². The highest BCUT2D eigenvalue weighted by Crippen LogP contribution is 2.76. The van der Waals surface area contributed by atoms with Crippen molar-refractivity contribution in [2.45, 2.75) is 139 Å². The molecule has 4 fully saturated rings. The van der Waals surface area contributed by atoms with Crippen molar-refractivity contribution >= 4 is 11.9 Å². The molecule has 0 aromatic heterocycles. The number of aliphatic hydroxyl groups is 4. The van der Waals surface area contributed by atoms with Gasteiger partial charge in [0.2, 0.25) is 0 Å². The fourth-order valence-corrected chi connectivity index (χ4v) is 11.8. The van der Waals surface area contributed by atoms with Crippen molar-refractivity contribution in [3.05, 3.63) is 34.9 Å². The summed E-state index contributed by atoms with van der Waals surface area (Å²) in [4.78, 5) is 25.9. The van der Waals surface area contributed by atoms with Crippen LogP contribution in [-0.4, -0.2) is 70.0 Å². The highest BCUT2D eigenvalue weighted by molar-refractivity contribution is 5.88. The lowest BCUT2D eigenvalue weighted by Crippen LogP contribution is -2.72. The summed E-state index contributed by atoms with van der Waals surface area (Å²) in [6.45, 7) is 19.9. The minimum Gasteiger partial charge on any atom is -0.462 e. The van der Waals surface area contributed by atoms with Crippen LogP contribution in [0.5, 0.6) is 0 Å². The molecule has 0 spiro atoms. The van der Waals surface area contributed by atoms with Gasteiger partial charge in [-0.2, -0.15) is 0 Å². The predicted molar refractivity (Wildman–Crippen MR) is 184 cm³/mol. The molecule has 0 aromatic rings. The topological polar surface area (TPSA) is 134 Å². The second kappa shape index (κ2) is 12.3. The summed E-state index contributed by atoms with van der Waals surface area (Å²) in [5.41, 5.74) is -1.05. The molecule has 5 aliphatic carbocycles. The molecular formula is C40H62O8. The molecule has 48 heavy (non-hydrogen) atoms. The number of allylic oxidation sites excluding steroid dienone is 4. The quantitative estimate of drug-likeness (QED) is 0.152. The molecule has 0 radical (unpaired) electrons. The normalized spacial score (nSPS) is 47.0. The molecule has 8 nitrogen and oxygen atoms in total. The minimum absolute atomic E-state index is 0.136. The molecule has 0 aromatic carbocycles. The van der Waals surface area contributed by atoms with E-state index in [0.717, 1.165) is 25.7 Å². The van der Waals surface area contributed by atoms with Gasteiger partial charge in [-0.25, -0.2) is 9.59 Å². The molecule has 5 rings (SSSR count). The van der Waals surface area contributed by atoms with E-state index in [4.69, 9.17) is 9.47 Å². The van der Waals surface area contributed by atoms with E-state index in [1.54, 1.807) is 32.9 Å². The average molecular weight is 671 g/mol. The Morgan fingerprint density at radius 1 is 0.875 bits per heavy atom. The summed E-state index contributed by atoms with van der Waals surface area (Å²) in [6, 6.07) is 0. The second-order valence-electron chi connectivity index (χ2n) is 17.9. The van der Waals surface area contributed by atoms with Crippen LogP contribution in [0.15, 0.2) is 34.9 Å². The van der Waals surface area contributed by atoms with Crippen molar-refractivity contribution < 1.29 is 39.5 Å². The van der Waals surface area contributed by atoms with E-state index in [1.165, 1.54) is 5.57 Å². The van der Waals surface area contributed by atoms with Crippen LogP contribution >= 0.6 is 0 Å². The molecule has 8 heteroatoms. The first-order valence-electron chi connectivity index (χ1n) is 18.2. The summed E-state index contributed by atoms with van der Waals surface area (Å²) in [5, 5.41) is 46.8. The van der Waals surface area contributed by atoms with Gasteiger partial charge < -0.3 is 29.9 Å². The van der Waals surface area contributed by atoms with Crippen LogP contribution in [0.2, 0.25) is 0 Å². The van der Waals surface area contributed by atoms with Gasteiger partial charge in [-0.05, 0) is 112 Å². The fraction of sp³-hybridized carbons (Fsp3) is 0.800. The van der Waals surface area contributed by atoms with E-state index in [2.05, 4.69) is 33.8 Å². The van der Waals surface area contributed by atoms with Gasteiger partial charge in [-0.3, -0.25) is 0 Å². The SMILES string of the molecule is C/C=C(/C)C(=O)OC[C@]1(C)C2CC[C@]3(C)C(CC=C4C5CC(C)(C)[C@@H](O)[C@H](OC(=O)/C(C)=C\C)[C@]5(CO)[C@H](O)C[C@]43C)[C@@]2(C)CC[C@@H]1O. The summed E-state index contributed by atoms with van der Waals surface area (Å²) >= 11 is 0. The Morgan fingerprint density at radius 2 is 1.50 bits per heavy atom. The molecular weight excluding hydrogens is 608 g/mol. The van der Waals surface area contributed by atoms with Crippen molar-refractivity contribution in [1.82, 2.24) is 0 Å². The van der Waals surface area contributed by atoms with E-state index in [-0.39, 0.29) is 41.2 Å². The monoisotopic (exact) mass is 670 g/mol. The van der Waals surface area contributed by atoms with Gasteiger partial charge in [0, 0.05) is 16.6 Å². The maximum atomic E-state index is 13.2. The Morgan fingerprint density at radius 3 is 2.10 bits per heavy atom. The minimum atomic E-state index is -1.24. The first kappa shape index (κ1) is 37.3. The van der Waals surface area contributed by atoms with Crippen LogP contribution in [0.4, 0.5) is 0 Å². The summed E-state index contributed by atoms with van der Waals surface area (Å²) < 4.78 is 11.9. The largest absolute Gasteiger partial charge is 0.462 e. The van der Waals surface area contributed by atoms with Crippen LogP contribution in [-0.2, 0) is 19.1 Å². The Labute approximate surface area is 288 Å². The van der Waals surface area contributed by atoms with Gasteiger partial charge in [0.05, 0.1) is 36.9 Å². The zero-order valence-electron chi connectivity index (χ0n) is 31.1. The van der Waals surface area contributed by atoms with Crippen molar-refractivity contribution in [2.24, 2.45) is 50.2 Å². The predicted octanol–water partition coefficient (Wildman–Crippen LogP) is 6.06. The maximum absolute atomic E-state index is 13.2. The van der Waals surface area contributed by atoms with Crippen LogP contribution in [0.25, 0.3) is 0 Å². The molecule has 0 amide bonds. The number of carbonyl (C=O) groups is 2. The van der Waals surface area contributed by atoms with Crippen molar-refractivity contribution in [2.75, 3.05) is 13.2 Å². The fourth-order valence-electron chi connectivity index (χ4n) is 11.8. The number of hydrogen-bond donors (Lipinski definition) is 4. The molecule has 3 unspecified atom stereocenters. The third kappa shape index (κ3) is 5.04. The Kier molecular flexibility index (Phi) is 9.58. The van der Waals surface area contributed by atoms with Crippen LogP contribution in [0.3, 0.4) is 0 Å². The van der Waals surface area contributed by atoms with E-state index < -0.39 is 58.7 Å². The molecule has 0 saturated heterocycles. The second-order valence-corrected chi connectivity index (χ2v) is 17.9. The average Bonchev–Trinajstić information content (AvgIpc) is 3.03. The van der Waals surface area contributed by atoms with Gasteiger partial charge >= 0.3 is 11.9 Å². The lowest BCUT2D eigenvalue weighted by Gasteiger charge is -2.72. The van der Waals surface area contributed by atoms with Crippen molar-refractivity contribution in [3.8, 4) is 0 Å². The molecule has 5 aliphatic rings. The van der Waals surface area contributed by atoms with Crippen molar-refractivity contribution in [3.63, 3.8) is 0 Å². The lowest BCUT2D eigenvalue weighted by molar-refractivity contribution is -0.263. The van der Waals surface area contributed by atoms with E-state index in [1.807, 2.05) is 20.8 Å². The summed E-state index contributed by atoms with van der Waals surface area (Å²) in [6.07, 6.45) is 7.04. The standard InChI is InChI=1S/C40H62O8/c1-11-23(3)33(45)47-22-37(8)27-15-18-38(9)28(36(27,7)17-16-29(37)42)14-13-25-26-19-35(5,6)31(44)32(48-34(46)24(4)12-2)40(26,21-41)30(43)20-39(25,38)10/h11-13,26-32,41-44H,14-22H2,1-10H3/b23-11-,24-12-/t26?,27?,28?,29-,30+,31-,32-,36-,37+,38+,39+,40-/m0/s1. The Hall–Kier alpha value is -2.00. The molecule has 270 valence electrons. The first-order chi connectivity index (χ1) is 22.2. The number of esters is 2. The van der Waals surface area contributed by atoms with Crippen LogP contribution in [0.1, 0.15) is 114 Å². The van der Waals surface area contributed by atoms with Crippen LogP contribution in [0, 0.1) is 50.2 Å². The lowest BCUT2D eigenvalue weighted by atomic mass is 9.33. The first-order valence-corrected chi connectivity index (χ1v) is 18.2. The number of aliphatic hydroxyl groups excluding tert-OH is 4. The molecule has 0 bridgehead atoms. The number of ether oxygens (including phenoxy) is 2. The summed E-state index contributed by atoms with van der Waals surface area (Å²) in [5.74, 6) is -0.799. The van der Waals surface area contributed by atoms with Gasteiger partial charge in [0.15, 0.2) is 0 Å². The third-order valence-corrected chi connectivity index (χ3v) is 15.4. The van der Waals surface area contributed by atoms with Crippen molar-refractivity contribution in [1.29, 1.82) is 0 Å². The zero-order chi connectivity index (χ0) is 35.8. The molecule has 12 atom stereocenters. The number of fused-ring (bicyclic) bond motifs is 7. The highest BCUT2D eigenvalue weighted by atomic mass is 16.6. The van der Waals surface area contributed by atoms with Gasteiger partial charge in [-0.15, -0.1) is 0 Å². The maximum Gasteiger partial charge on any atom is 0.333 e. The van der Waals surface area contributed by atoms with Crippen LogP contribution < -0.4 is 0 Å². The number of rotatable bonds is 6. The Bertz CT molecular complexity index is 1390. The van der Waals surface area contributed by atoms with Gasteiger partial charge in [0.1, 0.15) is 6.10 Å². The van der Waals surface area contributed by atoms with Gasteiger partial charge in [0.25, 0.3) is 0 Å². The summed E-state index contributed by atoms with van der Waals surface area (Å²) in [7, 11) is 0. The number of hydrogen-bond acceptors (Lipinski definition) is 8. The molecule has 0 aliphatic heterocycles. The molecule has 4 N–H and O–H groups in total. The van der Waals surface area contributed by atoms with E-state index in [9.17, 15) is 30.0 Å². The van der Waals surface area contributed by atoms with E-state index >= 15 is 0 Å². The number of carbonyl (C=O) groups excluding carboxylic acids is 2. The molecule has 4 saturated carbocycles. The third-order valence-electron chi connectivity index (χ3n) is 15.4. The molecule has 0 heterocycles. The zero-order valence-corrected chi connectivity index (χ0v) is 31.1. The smallest absolute Gasteiger partial charge is 0.333 e. The highest BCUT2D eigenvalue weighted by Gasteiger charge is 2.73. The Balaban J connectivity index is 1.56. The van der Waals surface area contributed by atoms with Gasteiger partial charge in [-0.1, -0.05) is 65.3 Å².